The molecule has 2 aromatic carbocycles. The van der Waals surface area contributed by atoms with Crippen molar-refractivity contribution < 1.29 is 33.0 Å². The third-order valence-corrected chi connectivity index (χ3v) is 3.87. The van der Waals surface area contributed by atoms with Gasteiger partial charge in [-0.05, 0) is 55.0 Å². The van der Waals surface area contributed by atoms with E-state index in [1.807, 2.05) is 0 Å². The second kappa shape index (κ2) is 11.3. The monoisotopic (exact) mass is 416 g/mol. The van der Waals surface area contributed by atoms with Gasteiger partial charge in [0.2, 0.25) is 5.91 Å². The molecule has 0 unspecified atom stereocenters. The van der Waals surface area contributed by atoms with Gasteiger partial charge in [-0.3, -0.25) is 14.4 Å². The number of carbonyl (C=O) groups excluding carboxylic acids is 4. The maximum absolute atomic E-state index is 12.8. The summed E-state index contributed by atoms with van der Waals surface area (Å²) in [7, 11) is 1.28. The van der Waals surface area contributed by atoms with Crippen LogP contribution >= 0.6 is 0 Å². The molecule has 0 aliphatic carbocycles. The number of amides is 2. The maximum atomic E-state index is 12.8. The predicted octanol–water partition coefficient (Wildman–Crippen LogP) is 2.90. The lowest BCUT2D eigenvalue weighted by Gasteiger charge is -2.07. The molecule has 9 heteroatoms. The van der Waals surface area contributed by atoms with Crippen molar-refractivity contribution in [1.29, 1.82) is 0 Å². The second-order valence-electron chi connectivity index (χ2n) is 6.19. The zero-order valence-electron chi connectivity index (χ0n) is 16.3. The number of hydrogen-bond acceptors (Lipinski definition) is 6. The van der Waals surface area contributed by atoms with Gasteiger partial charge in [-0.1, -0.05) is 0 Å². The van der Waals surface area contributed by atoms with Crippen LogP contribution in [-0.4, -0.2) is 37.5 Å². The van der Waals surface area contributed by atoms with Crippen LogP contribution in [0.1, 0.15) is 29.6 Å². The van der Waals surface area contributed by atoms with Crippen LogP contribution in [0.15, 0.2) is 48.5 Å². The van der Waals surface area contributed by atoms with Crippen molar-refractivity contribution in [2.24, 2.45) is 0 Å². The van der Waals surface area contributed by atoms with Crippen molar-refractivity contribution in [3.8, 4) is 0 Å². The molecule has 0 spiro atoms. The van der Waals surface area contributed by atoms with Gasteiger partial charge >= 0.3 is 11.9 Å². The van der Waals surface area contributed by atoms with Crippen molar-refractivity contribution in [1.82, 2.24) is 0 Å². The lowest BCUT2D eigenvalue weighted by Crippen LogP contribution is -2.21. The van der Waals surface area contributed by atoms with Gasteiger partial charge in [-0.15, -0.1) is 0 Å². The normalized spacial score (nSPS) is 10.1. The summed E-state index contributed by atoms with van der Waals surface area (Å²) in [5.74, 6) is -2.37. The van der Waals surface area contributed by atoms with Crippen molar-refractivity contribution in [3.05, 3.63) is 59.9 Å². The highest BCUT2D eigenvalue weighted by Crippen LogP contribution is 2.12. The van der Waals surface area contributed by atoms with E-state index in [0.29, 0.717) is 16.9 Å². The molecule has 0 saturated heterocycles. The van der Waals surface area contributed by atoms with Crippen LogP contribution in [0.25, 0.3) is 0 Å². The molecule has 2 N–H and O–H groups in total. The van der Waals surface area contributed by atoms with Gasteiger partial charge < -0.3 is 20.1 Å². The molecular weight excluding hydrogens is 395 g/mol. The fourth-order valence-electron chi connectivity index (χ4n) is 2.37. The molecule has 0 radical (unpaired) electrons. The number of hydrogen-bond donors (Lipinski definition) is 2. The topological polar surface area (TPSA) is 111 Å². The Morgan fingerprint density at radius 3 is 2.00 bits per heavy atom. The van der Waals surface area contributed by atoms with Crippen LogP contribution in [0, 0.1) is 5.82 Å². The van der Waals surface area contributed by atoms with Crippen LogP contribution in [0.3, 0.4) is 0 Å². The van der Waals surface area contributed by atoms with E-state index in [2.05, 4.69) is 15.4 Å². The van der Waals surface area contributed by atoms with Gasteiger partial charge in [0, 0.05) is 24.2 Å². The van der Waals surface area contributed by atoms with E-state index in [9.17, 15) is 23.6 Å². The summed E-state index contributed by atoms with van der Waals surface area (Å²) in [5.41, 5.74) is 1.25. The average Bonchev–Trinajstić information content (AvgIpc) is 2.74. The Kier molecular flexibility index (Phi) is 8.49. The number of rotatable bonds is 9. The van der Waals surface area contributed by atoms with Crippen molar-refractivity contribution in [2.45, 2.75) is 19.3 Å². The zero-order valence-corrected chi connectivity index (χ0v) is 16.3. The molecule has 0 aromatic heterocycles. The smallest absolute Gasteiger partial charge is 0.337 e. The van der Waals surface area contributed by atoms with E-state index >= 15 is 0 Å². The highest BCUT2D eigenvalue weighted by molar-refractivity contribution is 5.94. The fourth-order valence-corrected chi connectivity index (χ4v) is 2.37. The minimum Gasteiger partial charge on any atom is -0.465 e. The SMILES string of the molecule is COC(=O)c1ccc(NC(=O)CCCC(=O)OCC(=O)Nc2ccc(F)cc2)cc1. The molecule has 0 atom stereocenters. The third-order valence-electron chi connectivity index (χ3n) is 3.87. The fraction of sp³-hybridized carbons (Fsp3) is 0.238. The van der Waals surface area contributed by atoms with Gasteiger partial charge in [0.1, 0.15) is 5.82 Å². The number of ether oxygens (including phenoxy) is 2. The molecule has 0 aliphatic heterocycles. The highest BCUT2D eigenvalue weighted by atomic mass is 19.1. The standard InChI is InChI=1S/C21H21FN2O6/c1-29-21(28)14-5-9-16(10-6-14)23-18(25)3-2-4-20(27)30-13-19(26)24-17-11-7-15(22)8-12-17/h5-12H,2-4,13H2,1H3,(H,23,25)(H,24,26). The van der Waals surface area contributed by atoms with Crippen molar-refractivity contribution in [3.63, 3.8) is 0 Å². The average molecular weight is 416 g/mol. The van der Waals surface area contributed by atoms with Gasteiger partial charge in [0.25, 0.3) is 5.91 Å². The first-order valence-corrected chi connectivity index (χ1v) is 9.06. The molecule has 0 heterocycles. The number of benzene rings is 2. The van der Waals surface area contributed by atoms with Crippen LogP contribution in [-0.2, 0) is 23.9 Å². The highest BCUT2D eigenvalue weighted by Gasteiger charge is 2.10. The minimum atomic E-state index is -0.612. The predicted molar refractivity (Wildman–Crippen MR) is 106 cm³/mol. The second-order valence-corrected chi connectivity index (χ2v) is 6.19. The molecule has 2 rings (SSSR count). The van der Waals surface area contributed by atoms with E-state index in [-0.39, 0.29) is 25.2 Å². The number of anilines is 2. The summed E-state index contributed by atoms with van der Waals surface area (Å²) in [5, 5.41) is 5.11. The lowest BCUT2D eigenvalue weighted by molar-refractivity contribution is -0.147. The van der Waals surface area contributed by atoms with Gasteiger partial charge in [-0.25, -0.2) is 9.18 Å². The summed E-state index contributed by atoms with van der Waals surface area (Å²) in [6.45, 7) is -0.477. The zero-order chi connectivity index (χ0) is 21.9. The Hall–Kier alpha value is -3.75. The Morgan fingerprint density at radius 2 is 1.40 bits per heavy atom. The quantitative estimate of drug-likeness (QED) is 0.608. The van der Waals surface area contributed by atoms with Crippen LogP contribution in [0.2, 0.25) is 0 Å². The first-order chi connectivity index (χ1) is 14.4. The number of nitrogens with one attached hydrogen (secondary N) is 2. The Labute approximate surface area is 172 Å². The maximum Gasteiger partial charge on any atom is 0.337 e. The Balaban J connectivity index is 1.63. The number of carbonyl (C=O) groups is 4. The summed E-state index contributed by atoms with van der Waals surface area (Å²) in [4.78, 5) is 46.7. The molecule has 8 nitrogen and oxygen atoms in total. The Morgan fingerprint density at radius 1 is 0.833 bits per heavy atom. The summed E-state index contributed by atoms with van der Waals surface area (Å²) >= 11 is 0. The number of esters is 2. The van der Waals surface area contributed by atoms with E-state index in [1.165, 1.54) is 43.5 Å². The van der Waals surface area contributed by atoms with E-state index in [4.69, 9.17) is 4.74 Å². The van der Waals surface area contributed by atoms with Crippen molar-refractivity contribution >= 4 is 35.1 Å². The Bertz CT molecular complexity index is 897. The molecule has 0 fully saturated rings. The molecule has 0 bridgehead atoms. The third kappa shape index (κ3) is 7.70. The van der Waals surface area contributed by atoms with E-state index in [1.54, 1.807) is 12.1 Å². The summed E-state index contributed by atoms with van der Waals surface area (Å²) in [6.07, 6.45) is 0.290. The van der Waals surface area contributed by atoms with Crippen LogP contribution < -0.4 is 10.6 Å². The molecule has 2 amide bonds. The molecule has 30 heavy (non-hydrogen) atoms. The van der Waals surface area contributed by atoms with E-state index in [0.717, 1.165) is 0 Å². The van der Waals surface area contributed by atoms with E-state index < -0.39 is 30.3 Å². The lowest BCUT2D eigenvalue weighted by atomic mass is 10.2. The number of halogens is 1. The number of methoxy groups -OCH3 is 1. The molecular formula is C21H21FN2O6. The largest absolute Gasteiger partial charge is 0.465 e. The molecule has 2 aromatic rings. The van der Waals surface area contributed by atoms with Gasteiger partial charge in [0.05, 0.1) is 12.7 Å². The minimum absolute atomic E-state index is 0.0292. The first-order valence-electron chi connectivity index (χ1n) is 9.06. The van der Waals surface area contributed by atoms with Gasteiger partial charge in [0.15, 0.2) is 6.61 Å². The molecule has 0 saturated carbocycles. The van der Waals surface area contributed by atoms with Crippen LogP contribution in [0.4, 0.5) is 15.8 Å². The first kappa shape index (κ1) is 22.5. The van der Waals surface area contributed by atoms with Crippen LogP contribution in [0.5, 0.6) is 0 Å². The summed E-state index contributed by atoms with van der Waals surface area (Å²) < 4.78 is 22.2. The summed E-state index contributed by atoms with van der Waals surface area (Å²) in [6, 6.07) is 11.3. The van der Waals surface area contributed by atoms with Gasteiger partial charge in [-0.2, -0.15) is 0 Å². The molecule has 158 valence electrons. The van der Waals surface area contributed by atoms with Crippen molar-refractivity contribution in [2.75, 3.05) is 24.4 Å². The molecule has 0 aliphatic rings.